The van der Waals surface area contributed by atoms with Crippen LogP contribution in [0.5, 0.6) is 5.75 Å². The molecule has 0 heterocycles. The Labute approximate surface area is 98.3 Å². The average Bonchev–Trinajstić information content (AvgIpc) is 2.28. The van der Waals surface area contributed by atoms with E-state index in [4.69, 9.17) is 4.74 Å². The summed E-state index contributed by atoms with van der Waals surface area (Å²) in [6, 6.07) is 3.93. The summed E-state index contributed by atoms with van der Waals surface area (Å²) in [5, 5.41) is 0. The van der Waals surface area contributed by atoms with Crippen LogP contribution in [-0.4, -0.2) is 26.0 Å². The summed E-state index contributed by atoms with van der Waals surface area (Å²) in [6.45, 7) is 1.25. The van der Waals surface area contributed by atoms with Gasteiger partial charge in [0.15, 0.2) is 11.6 Å². The third kappa shape index (κ3) is 2.81. The number of ether oxygens (including phenoxy) is 2. The summed E-state index contributed by atoms with van der Waals surface area (Å²) in [5.41, 5.74) is 0.252. The van der Waals surface area contributed by atoms with Crippen molar-refractivity contribution in [3.63, 3.8) is 0 Å². The van der Waals surface area contributed by atoms with E-state index in [0.29, 0.717) is 0 Å². The fourth-order valence-corrected chi connectivity index (χ4v) is 1.52. The number of hydrogen-bond acceptors (Lipinski definition) is 4. The van der Waals surface area contributed by atoms with Gasteiger partial charge in [0.25, 0.3) is 0 Å². The predicted octanol–water partition coefficient (Wildman–Crippen LogP) is 1.68. The van der Waals surface area contributed by atoms with E-state index in [0.717, 1.165) is 6.07 Å². The smallest absolute Gasteiger partial charge is 0.320 e. The monoisotopic (exact) mass is 240 g/mol. The Morgan fingerprint density at radius 3 is 2.35 bits per heavy atom. The maximum atomic E-state index is 13.5. The minimum Gasteiger partial charge on any atom is -0.494 e. The van der Waals surface area contributed by atoms with Gasteiger partial charge in [0, 0.05) is 0 Å². The van der Waals surface area contributed by atoms with Gasteiger partial charge >= 0.3 is 5.97 Å². The third-order valence-corrected chi connectivity index (χ3v) is 2.35. The number of halogens is 1. The van der Waals surface area contributed by atoms with E-state index in [9.17, 15) is 14.0 Å². The molecule has 0 aliphatic rings. The molecule has 17 heavy (non-hydrogen) atoms. The maximum Gasteiger partial charge on any atom is 0.320 e. The second-order valence-corrected chi connectivity index (χ2v) is 3.46. The van der Waals surface area contributed by atoms with Crippen LogP contribution in [0.2, 0.25) is 0 Å². The molecule has 1 aromatic rings. The quantitative estimate of drug-likeness (QED) is 0.593. The lowest BCUT2D eigenvalue weighted by Crippen LogP contribution is -2.21. The molecule has 1 rings (SSSR count). The molecule has 92 valence electrons. The molecule has 4 nitrogen and oxygen atoms in total. The molecule has 1 aromatic carbocycles. The Balaban J connectivity index is 3.16. The second-order valence-electron chi connectivity index (χ2n) is 3.46. The first-order valence-corrected chi connectivity index (χ1v) is 4.93. The molecule has 0 bridgehead atoms. The van der Waals surface area contributed by atoms with Crippen LogP contribution in [0.15, 0.2) is 18.2 Å². The Hall–Kier alpha value is -1.91. The number of ketones is 1. The summed E-state index contributed by atoms with van der Waals surface area (Å²) >= 11 is 0. The minimum atomic E-state index is -1.10. The molecule has 1 unspecified atom stereocenters. The van der Waals surface area contributed by atoms with Crippen molar-refractivity contribution in [3.05, 3.63) is 29.6 Å². The summed E-state index contributed by atoms with van der Waals surface area (Å²) in [6.07, 6.45) is 0. The lowest BCUT2D eigenvalue weighted by Gasteiger charge is -2.12. The average molecular weight is 240 g/mol. The highest BCUT2D eigenvalue weighted by Gasteiger charge is 2.27. The molecule has 0 radical (unpaired) electrons. The molecule has 0 aliphatic carbocycles. The van der Waals surface area contributed by atoms with Crippen molar-refractivity contribution in [3.8, 4) is 5.75 Å². The Morgan fingerprint density at radius 2 is 1.94 bits per heavy atom. The summed E-state index contributed by atoms with van der Waals surface area (Å²) in [4.78, 5) is 22.8. The Morgan fingerprint density at radius 1 is 1.29 bits per heavy atom. The van der Waals surface area contributed by atoms with Crippen LogP contribution >= 0.6 is 0 Å². The Kier molecular flexibility index (Phi) is 4.20. The number of carbonyl (C=O) groups excluding carboxylic acids is 2. The normalized spacial score (nSPS) is 11.8. The summed E-state index contributed by atoms with van der Waals surface area (Å²) < 4.78 is 22.7. The van der Waals surface area contributed by atoms with Crippen molar-refractivity contribution in [2.75, 3.05) is 14.2 Å². The lowest BCUT2D eigenvalue weighted by atomic mass is 9.95. The second kappa shape index (κ2) is 5.43. The largest absolute Gasteiger partial charge is 0.494 e. The van der Waals surface area contributed by atoms with Crippen molar-refractivity contribution in [1.82, 2.24) is 0 Å². The highest BCUT2D eigenvalue weighted by atomic mass is 19.1. The SMILES string of the molecule is COC(=O)C(C(C)=O)c1ccc(OC)c(F)c1. The molecular weight excluding hydrogens is 227 g/mol. The number of methoxy groups -OCH3 is 2. The number of esters is 1. The summed E-state index contributed by atoms with van der Waals surface area (Å²) in [5.74, 6) is -2.77. The van der Waals surface area contributed by atoms with Crippen LogP contribution in [-0.2, 0) is 14.3 Å². The maximum absolute atomic E-state index is 13.5. The van der Waals surface area contributed by atoms with Crippen LogP contribution in [0.4, 0.5) is 4.39 Å². The van der Waals surface area contributed by atoms with Gasteiger partial charge in [-0.1, -0.05) is 6.07 Å². The molecule has 0 N–H and O–H groups in total. The topological polar surface area (TPSA) is 52.6 Å². The number of Topliss-reactive ketones (excluding diaryl/α,β-unsaturated/α-hetero) is 1. The van der Waals surface area contributed by atoms with Crippen molar-refractivity contribution >= 4 is 11.8 Å². The van der Waals surface area contributed by atoms with Crippen molar-refractivity contribution in [2.45, 2.75) is 12.8 Å². The van der Waals surface area contributed by atoms with Gasteiger partial charge in [-0.25, -0.2) is 4.39 Å². The predicted molar refractivity (Wildman–Crippen MR) is 58.4 cm³/mol. The van der Waals surface area contributed by atoms with Crippen LogP contribution in [0.3, 0.4) is 0 Å². The molecule has 5 heteroatoms. The van der Waals surface area contributed by atoms with Gasteiger partial charge in [-0.15, -0.1) is 0 Å². The van der Waals surface area contributed by atoms with E-state index >= 15 is 0 Å². The fourth-order valence-electron chi connectivity index (χ4n) is 1.52. The number of benzene rings is 1. The molecule has 0 saturated carbocycles. The van der Waals surface area contributed by atoms with Gasteiger partial charge in [0.05, 0.1) is 14.2 Å². The van der Waals surface area contributed by atoms with Gasteiger partial charge in [0.2, 0.25) is 0 Å². The molecule has 0 aliphatic heterocycles. The molecule has 0 aromatic heterocycles. The highest BCUT2D eigenvalue weighted by Crippen LogP contribution is 2.24. The number of hydrogen-bond donors (Lipinski definition) is 0. The molecule has 0 amide bonds. The highest BCUT2D eigenvalue weighted by molar-refractivity contribution is 6.03. The van der Waals surface area contributed by atoms with Crippen LogP contribution in [0.25, 0.3) is 0 Å². The summed E-state index contributed by atoms with van der Waals surface area (Å²) in [7, 11) is 2.51. The van der Waals surface area contributed by atoms with Gasteiger partial charge in [-0.2, -0.15) is 0 Å². The zero-order valence-corrected chi connectivity index (χ0v) is 9.82. The minimum absolute atomic E-state index is 0.0564. The Bertz CT molecular complexity index is 442. The number of carbonyl (C=O) groups is 2. The molecule has 0 spiro atoms. The third-order valence-electron chi connectivity index (χ3n) is 2.35. The first-order chi connectivity index (χ1) is 8.01. The molecule has 0 fully saturated rings. The van der Waals surface area contributed by atoms with Gasteiger partial charge in [-0.3, -0.25) is 9.59 Å². The van der Waals surface area contributed by atoms with E-state index in [2.05, 4.69) is 4.74 Å². The zero-order chi connectivity index (χ0) is 13.0. The van der Waals surface area contributed by atoms with Gasteiger partial charge in [-0.05, 0) is 24.6 Å². The van der Waals surface area contributed by atoms with E-state index in [1.54, 1.807) is 0 Å². The fraction of sp³-hybridized carbons (Fsp3) is 0.333. The van der Waals surface area contributed by atoms with Crippen molar-refractivity contribution in [2.24, 2.45) is 0 Å². The molecule has 0 saturated heterocycles. The van der Waals surface area contributed by atoms with E-state index in [-0.39, 0.29) is 11.3 Å². The van der Waals surface area contributed by atoms with Crippen LogP contribution in [0.1, 0.15) is 18.4 Å². The standard InChI is InChI=1S/C12H13FO4/c1-7(14)11(12(15)17-3)8-4-5-10(16-2)9(13)6-8/h4-6,11H,1-3H3. The van der Waals surface area contributed by atoms with E-state index < -0.39 is 23.5 Å². The van der Waals surface area contributed by atoms with Gasteiger partial charge in [0.1, 0.15) is 11.7 Å². The zero-order valence-electron chi connectivity index (χ0n) is 9.82. The van der Waals surface area contributed by atoms with E-state index in [1.165, 1.54) is 33.3 Å². The molecule has 1 atom stereocenters. The first-order valence-electron chi connectivity index (χ1n) is 4.93. The van der Waals surface area contributed by atoms with Crippen LogP contribution < -0.4 is 4.74 Å². The van der Waals surface area contributed by atoms with Crippen LogP contribution in [0, 0.1) is 5.82 Å². The van der Waals surface area contributed by atoms with E-state index in [1.807, 2.05) is 0 Å². The molecular formula is C12H13FO4. The van der Waals surface area contributed by atoms with Gasteiger partial charge < -0.3 is 9.47 Å². The first kappa shape index (κ1) is 13.2. The lowest BCUT2D eigenvalue weighted by molar-refractivity contribution is -0.145. The van der Waals surface area contributed by atoms with Crippen molar-refractivity contribution < 1.29 is 23.5 Å². The number of rotatable bonds is 4. The van der Waals surface area contributed by atoms with Crippen molar-refractivity contribution in [1.29, 1.82) is 0 Å².